The summed E-state index contributed by atoms with van der Waals surface area (Å²) < 4.78 is 0. The molecule has 0 aliphatic heterocycles. The highest BCUT2D eigenvalue weighted by molar-refractivity contribution is 5.30. The van der Waals surface area contributed by atoms with Gasteiger partial charge in [0.25, 0.3) is 0 Å². The lowest BCUT2D eigenvalue weighted by molar-refractivity contribution is 0.533. The Morgan fingerprint density at radius 1 is 1.29 bits per heavy atom. The van der Waals surface area contributed by atoms with Gasteiger partial charge in [0, 0.05) is 12.6 Å². The number of rotatable bonds is 4. The summed E-state index contributed by atoms with van der Waals surface area (Å²) in [4.78, 5) is 0. The summed E-state index contributed by atoms with van der Waals surface area (Å²) in [6, 6.07) is 7.24. The van der Waals surface area contributed by atoms with Crippen LogP contribution in [0.15, 0.2) is 18.2 Å². The van der Waals surface area contributed by atoms with E-state index in [9.17, 15) is 0 Å². The van der Waals surface area contributed by atoms with Crippen LogP contribution in [0, 0.1) is 13.8 Å². The maximum absolute atomic E-state index is 3.52. The van der Waals surface area contributed by atoms with Crippen LogP contribution in [-0.2, 0) is 6.54 Å². The van der Waals surface area contributed by atoms with Gasteiger partial charge in [-0.05, 0) is 38.3 Å². The van der Waals surface area contributed by atoms with Crippen molar-refractivity contribution < 1.29 is 0 Å². The maximum atomic E-state index is 3.52. The molecule has 1 rings (SSSR count). The van der Waals surface area contributed by atoms with Crippen molar-refractivity contribution in [2.24, 2.45) is 0 Å². The van der Waals surface area contributed by atoms with Crippen molar-refractivity contribution in [3.8, 4) is 0 Å². The molecule has 1 atom stereocenters. The SMILES string of the molecule is CC[C@@H](C)NCc1cc(C)ccc1C. The lowest BCUT2D eigenvalue weighted by atomic mass is 10.1. The zero-order chi connectivity index (χ0) is 10.6. The third kappa shape index (κ3) is 3.15. The molecule has 1 nitrogen and oxygen atoms in total. The molecule has 0 spiro atoms. The maximum Gasteiger partial charge on any atom is 0.0210 e. The van der Waals surface area contributed by atoms with Gasteiger partial charge in [-0.25, -0.2) is 0 Å². The van der Waals surface area contributed by atoms with Gasteiger partial charge in [0.05, 0.1) is 0 Å². The molecular formula is C13H21N. The van der Waals surface area contributed by atoms with Crippen LogP contribution in [0.4, 0.5) is 0 Å². The van der Waals surface area contributed by atoms with Crippen LogP contribution < -0.4 is 5.32 Å². The second-order valence-electron chi connectivity index (χ2n) is 4.12. The lowest BCUT2D eigenvalue weighted by Gasteiger charge is -2.13. The van der Waals surface area contributed by atoms with Crippen molar-refractivity contribution in [3.63, 3.8) is 0 Å². The molecule has 1 aromatic rings. The van der Waals surface area contributed by atoms with Gasteiger partial charge >= 0.3 is 0 Å². The van der Waals surface area contributed by atoms with Crippen LogP contribution in [-0.4, -0.2) is 6.04 Å². The molecule has 1 aromatic carbocycles. The topological polar surface area (TPSA) is 12.0 Å². The largest absolute Gasteiger partial charge is 0.310 e. The van der Waals surface area contributed by atoms with E-state index in [0.29, 0.717) is 6.04 Å². The monoisotopic (exact) mass is 191 g/mol. The Hall–Kier alpha value is -0.820. The van der Waals surface area contributed by atoms with Crippen LogP contribution in [0.3, 0.4) is 0 Å². The first kappa shape index (κ1) is 11.3. The third-order valence-electron chi connectivity index (χ3n) is 2.76. The van der Waals surface area contributed by atoms with Crippen LogP contribution >= 0.6 is 0 Å². The van der Waals surface area contributed by atoms with E-state index in [-0.39, 0.29) is 0 Å². The lowest BCUT2D eigenvalue weighted by Crippen LogP contribution is -2.24. The average molecular weight is 191 g/mol. The number of aryl methyl sites for hydroxylation is 2. The molecule has 0 radical (unpaired) electrons. The average Bonchev–Trinajstić information content (AvgIpc) is 2.19. The normalized spacial score (nSPS) is 12.9. The number of hydrogen-bond donors (Lipinski definition) is 1. The molecule has 0 heterocycles. The van der Waals surface area contributed by atoms with Crippen LogP contribution in [0.2, 0.25) is 0 Å². The molecule has 0 bridgehead atoms. The second-order valence-corrected chi connectivity index (χ2v) is 4.12. The van der Waals surface area contributed by atoms with Gasteiger partial charge in [-0.2, -0.15) is 0 Å². The Kier molecular flexibility index (Phi) is 4.15. The summed E-state index contributed by atoms with van der Waals surface area (Å²) in [5.41, 5.74) is 4.15. The van der Waals surface area contributed by atoms with Gasteiger partial charge < -0.3 is 5.32 Å². The Labute approximate surface area is 87.5 Å². The molecule has 0 amide bonds. The first-order valence-corrected chi connectivity index (χ1v) is 5.43. The highest BCUT2D eigenvalue weighted by atomic mass is 14.9. The van der Waals surface area contributed by atoms with Crippen molar-refractivity contribution in [3.05, 3.63) is 34.9 Å². The highest BCUT2D eigenvalue weighted by Crippen LogP contribution is 2.10. The van der Waals surface area contributed by atoms with E-state index >= 15 is 0 Å². The Morgan fingerprint density at radius 2 is 2.00 bits per heavy atom. The summed E-state index contributed by atoms with van der Waals surface area (Å²) >= 11 is 0. The van der Waals surface area contributed by atoms with Gasteiger partial charge in [-0.3, -0.25) is 0 Å². The minimum atomic E-state index is 0.606. The Bertz CT molecular complexity index is 291. The molecule has 0 fully saturated rings. The first-order valence-electron chi connectivity index (χ1n) is 5.43. The van der Waals surface area contributed by atoms with Crippen molar-refractivity contribution >= 4 is 0 Å². The minimum absolute atomic E-state index is 0.606. The molecule has 0 saturated heterocycles. The second kappa shape index (κ2) is 5.16. The summed E-state index contributed by atoms with van der Waals surface area (Å²) in [6.45, 7) is 9.74. The van der Waals surface area contributed by atoms with Crippen LogP contribution in [0.25, 0.3) is 0 Å². The molecule has 0 saturated carbocycles. The zero-order valence-corrected chi connectivity index (χ0v) is 9.72. The quantitative estimate of drug-likeness (QED) is 0.770. The van der Waals surface area contributed by atoms with Gasteiger partial charge in [0.15, 0.2) is 0 Å². The summed E-state index contributed by atoms with van der Waals surface area (Å²) in [6.07, 6.45) is 1.19. The smallest absolute Gasteiger partial charge is 0.0210 e. The molecule has 0 unspecified atom stereocenters. The molecule has 1 N–H and O–H groups in total. The number of benzene rings is 1. The van der Waals surface area contributed by atoms with E-state index in [1.54, 1.807) is 0 Å². The van der Waals surface area contributed by atoms with E-state index in [1.807, 2.05) is 0 Å². The predicted octanol–water partition coefficient (Wildman–Crippen LogP) is 3.19. The van der Waals surface area contributed by atoms with Crippen molar-refractivity contribution in [2.45, 2.75) is 46.7 Å². The van der Waals surface area contributed by atoms with Crippen LogP contribution in [0.1, 0.15) is 37.0 Å². The van der Waals surface area contributed by atoms with E-state index in [2.05, 4.69) is 51.2 Å². The summed E-state index contributed by atoms with van der Waals surface area (Å²) in [5, 5.41) is 3.52. The number of hydrogen-bond acceptors (Lipinski definition) is 1. The van der Waals surface area contributed by atoms with E-state index < -0.39 is 0 Å². The van der Waals surface area contributed by atoms with E-state index in [0.717, 1.165) is 6.54 Å². The number of nitrogens with one attached hydrogen (secondary N) is 1. The fourth-order valence-electron chi connectivity index (χ4n) is 1.42. The molecular weight excluding hydrogens is 170 g/mol. The fraction of sp³-hybridized carbons (Fsp3) is 0.538. The van der Waals surface area contributed by atoms with Crippen molar-refractivity contribution in [1.29, 1.82) is 0 Å². The van der Waals surface area contributed by atoms with Crippen molar-refractivity contribution in [1.82, 2.24) is 5.32 Å². The van der Waals surface area contributed by atoms with Gasteiger partial charge in [-0.1, -0.05) is 30.7 Å². The molecule has 14 heavy (non-hydrogen) atoms. The van der Waals surface area contributed by atoms with E-state index in [1.165, 1.54) is 23.1 Å². The summed E-state index contributed by atoms with van der Waals surface area (Å²) in [5.74, 6) is 0. The van der Waals surface area contributed by atoms with E-state index in [4.69, 9.17) is 0 Å². The minimum Gasteiger partial charge on any atom is -0.310 e. The molecule has 78 valence electrons. The third-order valence-corrected chi connectivity index (χ3v) is 2.76. The predicted molar refractivity (Wildman–Crippen MR) is 62.5 cm³/mol. The fourth-order valence-corrected chi connectivity index (χ4v) is 1.42. The zero-order valence-electron chi connectivity index (χ0n) is 9.72. The molecule has 0 aliphatic carbocycles. The first-order chi connectivity index (χ1) is 6.63. The van der Waals surface area contributed by atoms with Gasteiger partial charge in [0.1, 0.15) is 0 Å². The summed E-state index contributed by atoms with van der Waals surface area (Å²) in [7, 11) is 0. The van der Waals surface area contributed by atoms with Gasteiger partial charge in [0.2, 0.25) is 0 Å². The molecule has 1 heteroatoms. The van der Waals surface area contributed by atoms with Crippen molar-refractivity contribution in [2.75, 3.05) is 0 Å². The molecule has 0 aliphatic rings. The standard InChI is InChI=1S/C13H21N/c1-5-12(4)14-9-13-8-10(2)6-7-11(13)3/h6-8,12,14H,5,9H2,1-4H3/t12-/m1/s1. The molecule has 0 aromatic heterocycles. The van der Waals surface area contributed by atoms with Gasteiger partial charge in [-0.15, -0.1) is 0 Å². The highest BCUT2D eigenvalue weighted by Gasteiger charge is 2.01. The Balaban J connectivity index is 2.62. The van der Waals surface area contributed by atoms with Crippen LogP contribution in [0.5, 0.6) is 0 Å². The Morgan fingerprint density at radius 3 is 2.64 bits per heavy atom.